The van der Waals surface area contributed by atoms with Crippen molar-refractivity contribution < 1.29 is 32.6 Å². The van der Waals surface area contributed by atoms with Gasteiger partial charge < -0.3 is 14.2 Å². The number of hydrogen-bond acceptors (Lipinski definition) is 6. The van der Waals surface area contributed by atoms with Crippen molar-refractivity contribution >= 4 is 11.9 Å². The third-order valence-corrected chi connectivity index (χ3v) is 5.21. The molecule has 35 heavy (non-hydrogen) atoms. The first-order valence-corrected chi connectivity index (χ1v) is 10.5. The highest BCUT2D eigenvalue weighted by atomic mass is 19.2. The van der Waals surface area contributed by atoms with Gasteiger partial charge in [-0.1, -0.05) is 42.5 Å². The van der Waals surface area contributed by atoms with Gasteiger partial charge in [-0.2, -0.15) is 5.10 Å². The Bertz CT molecular complexity index is 1390. The molecule has 0 radical (unpaired) electrons. The molecule has 0 atom stereocenters. The number of rotatable bonds is 7. The van der Waals surface area contributed by atoms with Crippen LogP contribution in [0.4, 0.5) is 8.78 Å². The number of para-hydroxylation sites is 1. The highest BCUT2D eigenvalue weighted by Crippen LogP contribution is 2.32. The number of hydrogen-bond donors (Lipinski definition) is 0. The second-order valence-corrected chi connectivity index (χ2v) is 7.32. The molecule has 0 aliphatic heterocycles. The summed E-state index contributed by atoms with van der Waals surface area (Å²) in [6.07, 6.45) is 0. The Morgan fingerprint density at radius 3 is 2.23 bits per heavy atom. The van der Waals surface area contributed by atoms with E-state index in [1.54, 1.807) is 54.6 Å². The minimum Gasteiger partial charge on any atom is -0.489 e. The minimum atomic E-state index is -1.03. The SMILES string of the molecule is COC(=O)c1c(-c2ccccc2COc2ccc(F)c(F)c2)nn(-c2ccccc2)c1C(=O)OC. The zero-order valence-corrected chi connectivity index (χ0v) is 18.8. The van der Waals surface area contributed by atoms with Crippen molar-refractivity contribution in [2.45, 2.75) is 6.61 Å². The van der Waals surface area contributed by atoms with Crippen molar-refractivity contribution in [2.24, 2.45) is 0 Å². The van der Waals surface area contributed by atoms with Crippen LogP contribution in [0.25, 0.3) is 16.9 Å². The third-order valence-electron chi connectivity index (χ3n) is 5.21. The minimum absolute atomic E-state index is 0.0480. The number of carbonyl (C=O) groups is 2. The van der Waals surface area contributed by atoms with Crippen molar-refractivity contribution in [3.05, 3.63) is 101 Å². The van der Waals surface area contributed by atoms with Crippen LogP contribution < -0.4 is 4.74 Å². The van der Waals surface area contributed by atoms with E-state index in [4.69, 9.17) is 14.2 Å². The molecule has 0 saturated heterocycles. The summed E-state index contributed by atoms with van der Waals surface area (Å²) >= 11 is 0. The van der Waals surface area contributed by atoms with Gasteiger partial charge in [0.15, 0.2) is 17.3 Å². The van der Waals surface area contributed by atoms with Gasteiger partial charge in [-0.25, -0.2) is 23.1 Å². The number of methoxy groups -OCH3 is 2. The number of nitrogens with zero attached hydrogens (tertiary/aromatic N) is 2. The largest absolute Gasteiger partial charge is 0.489 e. The molecule has 0 amide bonds. The summed E-state index contributed by atoms with van der Waals surface area (Å²) in [6.45, 7) is -0.0480. The van der Waals surface area contributed by atoms with Gasteiger partial charge in [-0.15, -0.1) is 0 Å². The van der Waals surface area contributed by atoms with Crippen LogP contribution in [0.15, 0.2) is 72.8 Å². The Kier molecular flexibility index (Phi) is 6.86. The summed E-state index contributed by atoms with van der Waals surface area (Å²) in [5.74, 6) is -3.45. The number of ether oxygens (including phenoxy) is 3. The van der Waals surface area contributed by atoms with Crippen LogP contribution in [0.2, 0.25) is 0 Å². The number of aromatic nitrogens is 2. The van der Waals surface area contributed by atoms with E-state index in [1.807, 2.05) is 0 Å². The highest BCUT2D eigenvalue weighted by Gasteiger charge is 2.32. The molecule has 3 aromatic carbocycles. The fourth-order valence-corrected chi connectivity index (χ4v) is 3.55. The standard InChI is InChI=1S/C26H20F2N2O5/c1-33-25(31)22-23(29-30(24(22)26(32)34-2)17-9-4-3-5-10-17)19-11-7-6-8-16(19)15-35-18-12-13-20(27)21(28)14-18/h3-14H,15H2,1-2H3. The van der Waals surface area contributed by atoms with Gasteiger partial charge in [0.1, 0.15) is 23.6 Å². The lowest BCUT2D eigenvalue weighted by Crippen LogP contribution is -2.15. The molecular formula is C26H20F2N2O5. The summed E-state index contributed by atoms with van der Waals surface area (Å²) in [5, 5.41) is 4.58. The zero-order valence-electron chi connectivity index (χ0n) is 18.8. The van der Waals surface area contributed by atoms with Gasteiger partial charge >= 0.3 is 11.9 Å². The van der Waals surface area contributed by atoms with Crippen LogP contribution in [-0.2, 0) is 16.1 Å². The second-order valence-electron chi connectivity index (χ2n) is 7.32. The molecule has 178 valence electrons. The van der Waals surface area contributed by atoms with Crippen LogP contribution in [-0.4, -0.2) is 35.9 Å². The van der Waals surface area contributed by atoms with Gasteiger partial charge in [-0.3, -0.25) is 0 Å². The molecule has 1 aromatic heterocycles. The maximum absolute atomic E-state index is 13.6. The normalized spacial score (nSPS) is 10.6. The number of halogens is 2. The fourth-order valence-electron chi connectivity index (χ4n) is 3.55. The molecule has 0 fully saturated rings. The van der Waals surface area contributed by atoms with E-state index in [-0.39, 0.29) is 29.3 Å². The van der Waals surface area contributed by atoms with Crippen molar-refractivity contribution in [2.75, 3.05) is 14.2 Å². The molecular weight excluding hydrogens is 458 g/mol. The van der Waals surface area contributed by atoms with Crippen LogP contribution in [0.1, 0.15) is 26.4 Å². The molecule has 4 aromatic rings. The first-order valence-electron chi connectivity index (χ1n) is 10.5. The van der Waals surface area contributed by atoms with Crippen molar-refractivity contribution in [1.29, 1.82) is 0 Å². The lowest BCUT2D eigenvalue weighted by atomic mass is 10.0. The predicted octanol–water partition coefficient (Wildman–Crippen LogP) is 4.97. The molecule has 1 heterocycles. The smallest absolute Gasteiger partial charge is 0.357 e. The van der Waals surface area contributed by atoms with Crippen molar-refractivity contribution in [1.82, 2.24) is 9.78 Å². The van der Waals surface area contributed by atoms with Crippen LogP contribution in [0, 0.1) is 11.6 Å². The maximum atomic E-state index is 13.6. The zero-order chi connectivity index (χ0) is 24.9. The van der Waals surface area contributed by atoms with Crippen LogP contribution >= 0.6 is 0 Å². The lowest BCUT2D eigenvalue weighted by molar-refractivity contribution is 0.0549. The molecule has 9 heteroatoms. The van der Waals surface area contributed by atoms with Crippen LogP contribution in [0.5, 0.6) is 5.75 Å². The van der Waals surface area contributed by atoms with E-state index in [1.165, 1.54) is 25.0 Å². The number of carbonyl (C=O) groups excluding carboxylic acids is 2. The summed E-state index contributed by atoms with van der Waals surface area (Å²) < 4.78 is 43.7. The molecule has 0 bridgehead atoms. The molecule has 0 unspecified atom stereocenters. The Morgan fingerprint density at radius 2 is 1.54 bits per heavy atom. The number of esters is 2. The van der Waals surface area contributed by atoms with E-state index in [2.05, 4.69) is 5.10 Å². The quantitative estimate of drug-likeness (QED) is 0.349. The Hall–Kier alpha value is -4.53. The van der Waals surface area contributed by atoms with Gasteiger partial charge in [0.05, 0.1) is 19.9 Å². The van der Waals surface area contributed by atoms with E-state index in [0.717, 1.165) is 12.1 Å². The van der Waals surface area contributed by atoms with E-state index < -0.39 is 23.6 Å². The average molecular weight is 478 g/mol. The lowest BCUT2D eigenvalue weighted by Gasteiger charge is -2.11. The second kappa shape index (κ2) is 10.2. The van der Waals surface area contributed by atoms with E-state index in [9.17, 15) is 18.4 Å². The number of benzene rings is 3. The van der Waals surface area contributed by atoms with Crippen molar-refractivity contribution in [3.8, 4) is 22.7 Å². The molecule has 0 N–H and O–H groups in total. The van der Waals surface area contributed by atoms with Crippen molar-refractivity contribution in [3.63, 3.8) is 0 Å². The monoisotopic (exact) mass is 478 g/mol. The average Bonchev–Trinajstić information content (AvgIpc) is 3.29. The topological polar surface area (TPSA) is 79.7 Å². The molecule has 0 spiro atoms. The first-order chi connectivity index (χ1) is 16.9. The third kappa shape index (κ3) is 4.74. The fraction of sp³-hybridized carbons (Fsp3) is 0.115. The molecule has 4 rings (SSSR count). The summed E-state index contributed by atoms with van der Waals surface area (Å²) in [5.41, 5.74) is 1.58. The van der Waals surface area contributed by atoms with E-state index >= 15 is 0 Å². The molecule has 0 aliphatic rings. The van der Waals surface area contributed by atoms with Gasteiger partial charge in [-0.05, 0) is 29.8 Å². The van der Waals surface area contributed by atoms with Gasteiger partial charge in [0.2, 0.25) is 0 Å². The summed E-state index contributed by atoms with van der Waals surface area (Å²) in [6, 6.07) is 18.9. The van der Waals surface area contributed by atoms with Gasteiger partial charge in [0.25, 0.3) is 0 Å². The Balaban J connectivity index is 1.85. The van der Waals surface area contributed by atoms with Crippen LogP contribution in [0.3, 0.4) is 0 Å². The Morgan fingerprint density at radius 1 is 0.857 bits per heavy atom. The molecule has 0 saturated carbocycles. The van der Waals surface area contributed by atoms with E-state index in [0.29, 0.717) is 16.8 Å². The molecule has 0 aliphatic carbocycles. The summed E-state index contributed by atoms with van der Waals surface area (Å²) in [4.78, 5) is 25.6. The maximum Gasteiger partial charge on any atom is 0.357 e. The predicted molar refractivity (Wildman–Crippen MR) is 122 cm³/mol. The highest BCUT2D eigenvalue weighted by molar-refractivity contribution is 6.07. The first kappa shape index (κ1) is 23.6. The Labute approximate surface area is 199 Å². The molecule has 7 nitrogen and oxygen atoms in total. The van der Waals surface area contributed by atoms with Gasteiger partial charge in [0, 0.05) is 11.6 Å². The summed E-state index contributed by atoms with van der Waals surface area (Å²) in [7, 11) is 2.40.